The van der Waals surface area contributed by atoms with E-state index in [2.05, 4.69) is 97.5 Å². The van der Waals surface area contributed by atoms with Crippen LogP contribution in [0.15, 0.2) is 79.0 Å². The van der Waals surface area contributed by atoms with Crippen molar-refractivity contribution in [3.05, 3.63) is 101 Å². The molecule has 4 rings (SSSR count). The van der Waals surface area contributed by atoms with Crippen LogP contribution < -0.4 is 10.1 Å². The molecule has 0 aliphatic carbocycles. The summed E-state index contributed by atoms with van der Waals surface area (Å²) in [5.74, 6) is 0.799. The Morgan fingerprint density at radius 2 is 1.65 bits per heavy atom. The summed E-state index contributed by atoms with van der Waals surface area (Å²) in [5.41, 5.74) is 6.00. The van der Waals surface area contributed by atoms with Crippen molar-refractivity contribution >= 4 is 16.8 Å². The number of benzene rings is 3. The molecule has 5 nitrogen and oxygen atoms in total. The first kappa shape index (κ1) is 26.5. The molecule has 1 unspecified atom stereocenters. The predicted octanol–water partition coefficient (Wildman–Crippen LogP) is 6.28. The number of rotatable bonds is 10. The zero-order valence-corrected chi connectivity index (χ0v) is 22.6. The second-order valence-electron chi connectivity index (χ2n) is 10.5. The Morgan fingerprint density at radius 3 is 2.30 bits per heavy atom. The van der Waals surface area contributed by atoms with Gasteiger partial charge in [-0.15, -0.1) is 0 Å². The van der Waals surface area contributed by atoms with Gasteiger partial charge >= 0.3 is 0 Å². The first-order valence-corrected chi connectivity index (χ1v) is 12.9. The molecule has 1 N–H and O–H groups in total. The lowest BCUT2D eigenvalue weighted by Crippen LogP contribution is -2.28. The zero-order valence-electron chi connectivity index (χ0n) is 22.6. The molecular weight excluding hydrogens is 460 g/mol. The van der Waals surface area contributed by atoms with Crippen LogP contribution in [0.5, 0.6) is 5.75 Å². The van der Waals surface area contributed by atoms with Crippen LogP contribution in [-0.2, 0) is 21.5 Å². The van der Waals surface area contributed by atoms with E-state index in [9.17, 15) is 4.79 Å². The number of ether oxygens (including phenoxy) is 2. The van der Waals surface area contributed by atoms with Crippen LogP contribution in [-0.4, -0.2) is 37.8 Å². The van der Waals surface area contributed by atoms with E-state index in [1.807, 2.05) is 12.1 Å². The van der Waals surface area contributed by atoms with Gasteiger partial charge in [-0.1, -0.05) is 75.4 Å². The van der Waals surface area contributed by atoms with Crippen LogP contribution in [0.1, 0.15) is 55.4 Å². The number of hydrogen-bond donors (Lipinski definition) is 1. The topological polar surface area (TPSA) is 52.5 Å². The SMILES string of the molecule is COCCNC(=O)CC(c1ccc(C(C)(C)C)cc1)c1cn(Cc2ccc(OC)cc2)c2ccccc12. The molecule has 0 saturated carbocycles. The van der Waals surface area contributed by atoms with Crippen molar-refractivity contribution in [2.75, 3.05) is 27.4 Å². The highest BCUT2D eigenvalue weighted by Gasteiger charge is 2.24. The monoisotopic (exact) mass is 498 g/mol. The number of para-hydroxylation sites is 1. The third kappa shape index (κ3) is 6.41. The number of carbonyl (C=O) groups is 1. The average Bonchev–Trinajstić information content (AvgIpc) is 3.25. The zero-order chi connectivity index (χ0) is 26.4. The second kappa shape index (κ2) is 11.7. The van der Waals surface area contributed by atoms with Gasteiger partial charge in [0.15, 0.2) is 0 Å². The minimum atomic E-state index is -0.0708. The summed E-state index contributed by atoms with van der Waals surface area (Å²) in [5, 5.41) is 4.18. The number of amides is 1. The Morgan fingerprint density at radius 1 is 0.946 bits per heavy atom. The molecular formula is C32H38N2O3. The van der Waals surface area contributed by atoms with Crippen LogP contribution in [0.25, 0.3) is 10.9 Å². The van der Waals surface area contributed by atoms with Crippen molar-refractivity contribution in [3.63, 3.8) is 0 Å². The molecule has 0 aliphatic heterocycles. The third-order valence-electron chi connectivity index (χ3n) is 6.90. The van der Waals surface area contributed by atoms with E-state index in [0.717, 1.165) is 28.9 Å². The van der Waals surface area contributed by atoms with Gasteiger partial charge < -0.3 is 19.4 Å². The van der Waals surface area contributed by atoms with Crippen LogP contribution in [0.3, 0.4) is 0 Å². The molecule has 0 fully saturated rings. The second-order valence-corrected chi connectivity index (χ2v) is 10.5. The minimum Gasteiger partial charge on any atom is -0.497 e. The van der Waals surface area contributed by atoms with Gasteiger partial charge in [0.25, 0.3) is 0 Å². The lowest BCUT2D eigenvalue weighted by molar-refractivity contribution is -0.121. The minimum absolute atomic E-state index is 0.0222. The smallest absolute Gasteiger partial charge is 0.221 e. The molecule has 1 heterocycles. The van der Waals surface area contributed by atoms with E-state index in [-0.39, 0.29) is 17.2 Å². The van der Waals surface area contributed by atoms with Gasteiger partial charge in [-0.05, 0) is 45.9 Å². The highest BCUT2D eigenvalue weighted by atomic mass is 16.5. The lowest BCUT2D eigenvalue weighted by atomic mass is 9.83. The number of aromatic nitrogens is 1. The summed E-state index contributed by atoms with van der Waals surface area (Å²) in [4.78, 5) is 13.0. The van der Waals surface area contributed by atoms with E-state index in [0.29, 0.717) is 19.6 Å². The van der Waals surface area contributed by atoms with Gasteiger partial charge in [0.2, 0.25) is 5.91 Å². The van der Waals surface area contributed by atoms with Crippen LogP contribution in [0.4, 0.5) is 0 Å². The van der Waals surface area contributed by atoms with E-state index in [4.69, 9.17) is 9.47 Å². The number of methoxy groups -OCH3 is 2. The fourth-order valence-corrected chi connectivity index (χ4v) is 4.78. The Kier molecular flexibility index (Phi) is 8.34. The fraction of sp³-hybridized carbons (Fsp3) is 0.344. The van der Waals surface area contributed by atoms with Crippen molar-refractivity contribution in [2.45, 2.75) is 45.1 Å². The number of nitrogens with zero attached hydrogens (tertiary/aromatic N) is 1. The molecule has 194 valence electrons. The summed E-state index contributed by atoms with van der Waals surface area (Å²) >= 11 is 0. The number of hydrogen-bond acceptors (Lipinski definition) is 3. The molecule has 4 aromatic rings. The van der Waals surface area contributed by atoms with Gasteiger partial charge in [-0.25, -0.2) is 0 Å². The van der Waals surface area contributed by atoms with Crippen molar-refractivity contribution < 1.29 is 14.3 Å². The molecule has 0 spiro atoms. The summed E-state index contributed by atoms with van der Waals surface area (Å²) in [6, 6.07) is 25.4. The first-order valence-electron chi connectivity index (χ1n) is 12.9. The Balaban J connectivity index is 1.73. The largest absolute Gasteiger partial charge is 0.497 e. The quantitative estimate of drug-likeness (QED) is 0.262. The molecule has 0 saturated heterocycles. The lowest BCUT2D eigenvalue weighted by Gasteiger charge is -2.22. The van der Waals surface area contributed by atoms with E-state index in [1.165, 1.54) is 16.5 Å². The predicted molar refractivity (Wildman–Crippen MR) is 151 cm³/mol. The maximum atomic E-state index is 13.0. The standard InChI is InChI=1S/C32H38N2O3/c1-32(2,3)25-14-12-24(13-15-25)28(20-31(35)33-18-19-36-4)29-22-34(30-9-7-6-8-27(29)30)21-23-10-16-26(37-5)17-11-23/h6-17,22,28H,18-21H2,1-5H3,(H,33,35). The molecule has 3 aromatic carbocycles. The molecule has 1 atom stereocenters. The maximum absolute atomic E-state index is 13.0. The van der Waals surface area contributed by atoms with Crippen LogP contribution in [0, 0.1) is 0 Å². The van der Waals surface area contributed by atoms with Crippen LogP contribution >= 0.6 is 0 Å². The van der Waals surface area contributed by atoms with E-state index >= 15 is 0 Å². The fourth-order valence-electron chi connectivity index (χ4n) is 4.78. The number of nitrogens with one attached hydrogen (secondary N) is 1. The van der Waals surface area contributed by atoms with E-state index < -0.39 is 0 Å². The molecule has 5 heteroatoms. The average molecular weight is 499 g/mol. The van der Waals surface area contributed by atoms with Crippen molar-refractivity contribution in [2.24, 2.45) is 0 Å². The molecule has 0 bridgehead atoms. The van der Waals surface area contributed by atoms with Crippen molar-refractivity contribution in [3.8, 4) is 5.75 Å². The van der Waals surface area contributed by atoms with Gasteiger partial charge in [-0.3, -0.25) is 4.79 Å². The van der Waals surface area contributed by atoms with Gasteiger partial charge in [0.05, 0.1) is 13.7 Å². The Labute approximate surface area is 220 Å². The summed E-state index contributed by atoms with van der Waals surface area (Å²) in [6.45, 7) is 8.39. The molecule has 0 radical (unpaired) electrons. The normalized spacial score (nSPS) is 12.5. The number of carbonyl (C=O) groups excluding carboxylic acids is 1. The Bertz CT molecular complexity index is 1320. The van der Waals surface area contributed by atoms with E-state index in [1.54, 1.807) is 14.2 Å². The van der Waals surface area contributed by atoms with Gasteiger partial charge in [0.1, 0.15) is 5.75 Å². The highest BCUT2D eigenvalue weighted by molar-refractivity contribution is 5.86. The van der Waals surface area contributed by atoms with Crippen molar-refractivity contribution in [1.82, 2.24) is 9.88 Å². The first-order chi connectivity index (χ1) is 17.8. The van der Waals surface area contributed by atoms with Crippen LogP contribution in [0.2, 0.25) is 0 Å². The summed E-state index contributed by atoms with van der Waals surface area (Å²) < 4.78 is 12.7. The molecule has 37 heavy (non-hydrogen) atoms. The van der Waals surface area contributed by atoms with Gasteiger partial charge in [-0.2, -0.15) is 0 Å². The molecule has 1 aromatic heterocycles. The Hall–Kier alpha value is -3.57. The van der Waals surface area contributed by atoms with Gasteiger partial charge in [0, 0.05) is 49.6 Å². The number of fused-ring (bicyclic) bond motifs is 1. The summed E-state index contributed by atoms with van der Waals surface area (Å²) in [7, 11) is 3.32. The van der Waals surface area contributed by atoms with Crippen molar-refractivity contribution in [1.29, 1.82) is 0 Å². The maximum Gasteiger partial charge on any atom is 0.221 e. The third-order valence-corrected chi connectivity index (χ3v) is 6.90. The molecule has 1 amide bonds. The summed E-state index contributed by atoms with van der Waals surface area (Å²) in [6.07, 6.45) is 2.59. The molecule has 0 aliphatic rings. The highest BCUT2D eigenvalue weighted by Crippen LogP contribution is 2.36.